The van der Waals surface area contributed by atoms with Crippen LogP contribution in [0, 0.1) is 5.92 Å². The molecule has 3 aromatic rings. The number of anilines is 1. The molecule has 1 aromatic carbocycles. The molecule has 0 saturated heterocycles. The number of carbonyl (C=O) groups is 1. The van der Waals surface area contributed by atoms with Crippen molar-refractivity contribution in [2.45, 2.75) is 64.0 Å². The summed E-state index contributed by atoms with van der Waals surface area (Å²) in [5.74, 6) is -0.626. The summed E-state index contributed by atoms with van der Waals surface area (Å²) in [6.07, 6.45) is -3.76. The molecule has 0 aliphatic carbocycles. The molecule has 2 aromatic heterocycles. The van der Waals surface area contributed by atoms with E-state index in [2.05, 4.69) is 20.3 Å². The summed E-state index contributed by atoms with van der Waals surface area (Å²) in [5, 5.41) is 12.6. The van der Waals surface area contributed by atoms with Crippen molar-refractivity contribution in [1.29, 1.82) is 0 Å². The number of hydrogen-bond donors (Lipinski definition) is 2. The van der Waals surface area contributed by atoms with Crippen molar-refractivity contribution < 1.29 is 31.5 Å². The van der Waals surface area contributed by atoms with E-state index >= 15 is 0 Å². The molecule has 0 fully saturated rings. The second kappa shape index (κ2) is 11.1. The van der Waals surface area contributed by atoms with Gasteiger partial charge in [0.2, 0.25) is 5.95 Å². The summed E-state index contributed by atoms with van der Waals surface area (Å²) < 4.78 is 65.1. The standard InChI is InChI=1S/C27H30F3N5O4S/c1-5-40(38,39)20-8-6-17(7-9-20)11-32-25(37)18-10-19-14-35(23(15(2)3)22(19)31-12-18)26-33-13-21(16(4)36)24(34-26)27(28,29)30/h6-10,12-13,15-16,23,36H,5,11,14H2,1-4H3,(H,32,37)/t16-,23?/m0/s1. The number of benzene rings is 1. The Hall–Kier alpha value is -3.58. The maximum absolute atomic E-state index is 13.7. The van der Waals surface area contributed by atoms with Crippen LogP contribution in [0.2, 0.25) is 0 Å². The molecule has 214 valence electrons. The zero-order valence-electron chi connectivity index (χ0n) is 22.4. The Morgan fingerprint density at radius 1 is 1.15 bits per heavy atom. The van der Waals surface area contributed by atoms with Crippen molar-refractivity contribution in [1.82, 2.24) is 20.3 Å². The number of pyridine rings is 1. The molecule has 1 unspecified atom stereocenters. The molecule has 2 N–H and O–H groups in total. The highest BCUT2D eigenvalue weighted by Crippen LogP contribution is 2.41. The van der Waals surface area contributed by atoms with Gasteiger partial charge in [-0.2, -0.15) is 13.2 Å². The lowest BCUT2D eigenvalue weighted by atomic mass is 9.99. The number of amides is 1. The predicted molar refractivity (Wildman–Crippen MR) is 141 cm³/mol. The van der Waals surface area contributed by atoms with Gasteiger partial charge >= 0.3 is 6.18 Å². The molecule has 9 nitrogen and oxygen atoms in total. The minimum atomic E-state index is -4.78. The van der Waals surface area contributed by atoms with Crippen molar-refractivity contribution in [3.63, 3.8) is 0 Å². The van der Waals surface area contributed by atoms with E-state index in [1.807, 2.05) is 13.8 Å². The smallest absolute Gasteiger partial charge is 0.389 e. The van der Waals surface area contributed by atoms with E-state index in [1.165, 1.54) is 25.3 Å². The van der Waals surface area contributed by atoms with E-state index in [0.29, 0.717) is 16.8 Å². The van der Waals surface area contributed by atoms with Crippen LogP contribution in [0.4, 0.5) is 19.1 Å². The molecule has 4 rings (SSSR count). The van der Waals surface area contributed by atoms with E-state index in [-0.39, 0.29) is 41.2 Å². The molecule has 13 heteroatoms. The van der Waals surface area contributed by atoms with Crippen molar-refractivity contribution in [2.75, 3.05) is 10.7 Å². The van der Waals surface area contributed by atoms with Gasteiger partial charge in [-0.15, -0.1) is 0 Å². The summed E-state index contributed by atoms with van der Waals surface area (Å²) in [5.41, 5.74) is 0.664. The van der Waals surface area contributed by atoms with Gasteiger partial charge < -0.3 is 15.3 Å². The Bertz CT molecular complexity index is 1510. The topological polar surface area (TPSA) is 125 Å². The van der Waals surface area contributed by atoms with Gasteiger partial charge in [0.1, 0.15) is 0 Å². The SMILES string of the molecule is CCS(=O)(=O)c1ccc(CNC(=O)c2cnc3c(c2)CN(c2ncc([C@H](C)O)c(C(F)(F)F)n2)C3C(C)C)cc1. The van der Waals surface area contributed by atoms with Gasteiger partial charge in [-0.25, -0.2) is 18.4 Å². The van der Waals surface area contributed by atoms with Gasteiger partial charge in [-0.1, -0.05) is 32.9 Å². The Labute approximate surface area is 230 Å². The number of carbonyl (C=O) groups excluding carboxylic acids is 1. The maximum atomic E-state index is 13.7. The molecule has 1 aliphatic heterocycles. The van der Waals surface area contributed by atoms with E-state index in [9.17, 15) is 31.5 Å². The lowest BCUT2D eigenvalue weighted by Crippen LogP contribution is -2.29. The van der Waals surface area contributed by atoms with E-state index in [0.717, 1.165) is 6.20 Å². The molecule has 0 saturated carbocycles. The number of aromatic nitrogens is 3. The molecular formula is C27H30F3N5O4S. The molecule has 0 radical (unpaired) electrons. The average Bonchev–Trinajstić information content (AvgIpc) is 3.30. The van der Waals surface area contributed by atoms with Crippen molar-refractivity contribution in [3.8, 4) is 0 Å². The number of aliphatic hydroxyl groups is 1. The fourth-order valence-electron chi connectivity index (χ4n) is 4.66. The zero-order chi connectivity index (χ0) is 29.4. The number of nitrogens with one attached hydrogen (secondary N) is 1. The van der Waals surface area contributed by atoms with Crippen LogP contribution in [0.25, 0.3) is 0 Å². The molecular weight excluding hydrogens is 547 g/mol. The highest BCUT2D eigenvalue weighted by Gasteiger charge is 2.40. The summed E-state index contributed by atoms with van der Waals surface area (Å²) in [6, 6.07) is 7.48. The molecule has 1 amide bonds. The number of fused-ring (bicyclic) bond motifs is 1. The average molecular weight is 578 g/mol. The van der Waals surface area contributed by atoms with E-state index < -0.39 is 45.3 Å². The number of halogens is 3. The summed E-state index contributed by atoms with van der Waals surface area (Å²) in [7, 11) is -3.32. The Balaban J connectivity index is 1.55. The van der Waals surface area contributed by atoms with Crippen LogP contribution in [0.3, 0.4) is 0 Å². The molecule has 40 heavy (non-hydrogen) atoms. The minimum Gasteiger partial charge on any atom is -0.389 e. The Morgan fingerprint density at radius 3 is 2.40 bits per heavy atom. The van der Waals surface area contributed by atoms with Crippen molar-refractivity contribution in [3.05, 3.63) is 76.4 Å². The van der Waals surface area contributed by atoms with Crippen LogP contribution in [-0.4, -0.2) is 40.1 Å². The molecule has 3 heterocycles. The quantitative estimate of drug-likeness (QED) is 0.404. The zero-order valence-corrected chi connectivity index (χ0v) is 23.2. The second-order valence-electron chi connectivity index (χ2n) is 9.96. The van der Waals surface area contributed by atoms with Gasteiger partial charge in [0, 0.05) is 31.0 Å². The first-order chi connectivity index (χ1) is 18.7. The Kier molecular flexibility index (Phi) is 8.18. The van der Waals surface area contributed by atoms with Crippen LogP contribution >= 0.6 is 0 Å². The first-order valence-corrected chi connectivity index (χ1v) is 14.4. The van der Waals surface area contributed by atoms with Gasteiger partial charge in [0.25, 0.3) is 5.91 Å². The van der Waals surface area contributed by atoms with Gasteiger partial charge in [0.05, 0.1) is 34.1 Å². The van der Waals surface area contributed by atoms with Gasteiger partial charge in [-0.3, -0.25) is 9.78 Å². The lowest BCUT2D eigenvalue weighted by Gasteiger charge is -2.28. The highest BCUT2D eigenvalue weighted by atomic mass is 32.2. The largest absolute Gasteiger partial charge is 0.433 e. The fraction of sp³-hybridized carbons (Fsp3) is 0.407. The summed E-state index contributed by atoms with van der Waals surface area (Å²) in [6.45, 7) is 6.90. The van der Waals surface area contributed by atoms with Gasteiger partial charge in [-0.05, 0) is 42.2 Å². The molecule has 0 bridgehead atoms. The third kappa shape index (κ3) is 5.94. The third-order valence-electron chi connectivity index (χ3n) is 6.75. The number of nitrogens with zero attached hydrogens (tertiary/aromatic N) is 4. The number of hydrogen-bond acceptors (Lipinski definition) is 8. The monoisotopic (exact) mass is 577 g/mol. The maximum Gasteiger partial charge on any atom is 0.433 e. The van der Waals surface area contributed by atoms with E-state index in [4.69, 9.17) is 0 Å². The van der Waals surface area contributed by atoms with Crippen LogP contribution in [0.1, 0.15) is 78.3 Å². The van der Waals surface area contributed by atoms with Crippen LogP contribution < -0.4 is 10.2 Å². The highest BCUT2D eigenvalue weighted by molar-refractivity contribution is 7.91. The molecule has 0 spiro atoms. The molecule has 1 aliphatic rings. The third-order valence-corrected chi connectivity index (χ3v) is 8.50. The predicted octanol–water partition coefficient (Wildman–Crippen LogP) is 4.38. The minimum absolute atomic E-state index is 0.00764. The summed E-state index contributed by atoms with van der Waals surface area (Å²) >= 11 is 0. The number of rotatable bonds is 8. The van der Waals surface area contributed by atoms with Gasteiger partial charge in [0.15, 0.2) is 15.5 Å². The molecule has 2 atom stereocenters. The first-order valence-electron chi connectivity index (χ1n) is 12.7. The Morgan fingerprint density at radius 2 is 1.82 bits per heavy atom. The van der Waals surface area contributed by atoms with Crippen LogP contribution in [-0.2, 0) is 29.1 Å². The number of alkyl halides is 3. The van der Waals surface area contributed by atoms with Crippen molar-refractivity contribution >= 4 is 21.7 Å². The first kappa shape index (κ1) is 29.4. The number of aliphatic hydroxyl groups excluding tert-OH is 1. The second-order valence-corrected chi connectivity index (χ2v) is 12.2. The number of sulfone groups is 1. The lowest BCUT2D eigenvalue weighted by molar-refractivity contribution is -0.142. The normalized spacial score (nSPS) is 16.2. The van der Waals surface area contributed by atoms with Crippen LogP contribution in [0.5, 0.6) is 0 Å². The van der Waals surface area contributed by atoms with E-state index in [1.54, 1.807) is 30.0 Å². The van der Waals surface area contributed by atoms with Crippen molar-refractivity contribution in [2.24, 2.45) is 5.92 Å². The van der Waals surface area contributed by atoms with Crippen LogP contribution in [0.15, 0.2) is 47.6 Å². The summed E-state index contributed by atoms with van der Waals surface area (Å²) in [4.78, 5) is 27.1. The fourth-order valence-corrected chi connectivity index (χ4v) is 5.54.